The number of hydrogen-bond acceptors (Lipinski definition) is 2. The molecule has 1 aliphatic rings. The Morgan fingerprint density at radius 1 is 1.06 bits per heavy atom. The first-order valence-corrected chi connectivity index (χ1v) is 6.62. The molecule has 0 N–H and O–H groups in total. The van der Waals surface area contributed by atoms with Gasteiger partial charge in [0, 0.05) is 6.08 Å². The summed E-state index contributed by atoms with van der Waals surface area (Å²) < 4.78 is 5.14. The summed E-state index contributed by atoms with van der Waals surface area (Å²) in [6.45, 7) is 4.00. The molecule has 0 aliphatic heterocycles. The smallest absolute Gasteiger partial charge is 0.330 e. The molecule has 0 bridgehead atoms. The topological polar surface area (TPSA) is 26.3 Å². The molecule has 0 unspecified atom stereocenters. The maximum atomic E-state index is 11.0. The van der Waals surface area contributed by atoms with Crippen LogP contribution < -0.4 is 0 Å². The lowest BCUT2D eigenvalue weighted by atomic mass is 9.93. The monoisotopic (exact) mass is 224 g/mol. The van der Waals surface area contributed by atoms with E-state index in [-0.39, 0.29) is 5.97 Å². The van der Waals surface area contributed by atoms with Gasteiger partial charge in [0.1, 0.15) is 0 Å². The first-order valence-electron chi connectivity index (χ1n) is 6.62. The van der Waals surface area contributed by atoms with E-state index in [1.807, 2.05) is 0 Å². The van der Waals surface area contributed by atoms with E-state index in [0.29, 0.717) is 12.5 Å². The predicted molar refractivity (Wildman–Crippen MR) is 66.2 cm³/mol. The molecule has 0 aromatic heterocycles. The van der Waals surface area contributed by atoms with Crippen molar-refractivity contribution in [2.75, 3.05) is 6.61 Å². The molecule has 0 amide bonds. The Morgan fingerprint density at radius 3 is 2.06 bits per heavy atom. The molecular weight excluding hydrogens is 200 g/mol. The molecular formula is C14H24O2. The van der Waals surface area contributed by atoms with Gasteiger partial charge in [0.2, 0.25) is 0 Å². The molecule has 0 radical (unpaired) electrons. The van der Waals surface area contributed by atoms with E-state index in [1.54, 1.807) is 0 Å². The lowest BCUT2D eigenvalue weighted by Gasteiger charge is -2.17. The van der Waals surface area contributed by atoms with Gasteiger partial charge in [-0.25, -0.2) is 4.79 Å². The fourth-order valence-electron chi connectivity index (χ4n) is 2.32. The van der Waals surface area contributed by atoms with E-state index in [2.05, 4.69) is 6.58 Å². The zero-order valence-electron chi connectivity index (χ0n) is 10.2. The Kier molecular flexibility index (Phi) is 6.95. The van der Waals surface area contributed by atoms with Crippen molar-refractivity contribution in [1.29, 1.82) is 0 Å². The van der Waals surface area contributed by atoms with Gasteiger partial charge in [0.15, 0.2) is 0 Å². The second kappa shape index (κ2) is 8.37. The van der Waals surface area contributed by atoms with Crippen molar-refractivity contribution < 1.29 is 9.53 Å². The van der Waals surface area contributed by atoms with Crippen LogP contribution in [0.25, 0.3) is 0 Å². The van der Waals surface area contributed by atoms with E-state index in [9.17, 15) is 4.79 Å². The number of carbonyl (C=O) groups excluding carboxylic acids is 1. The molecule has 1 fully saturated rings. The molecule has 1 aliphatic carbocycles. The van der Waals surface area contributed by atoms with E-state index >= 15 is 0 Å². The van der Waals surface area contributed by atoms with Crippen LogP contribution in [0.3, 0.4) is 0 Å². The van der Waals surface area contributed by atoms with Gasteiger partial charge < -0.3 is 4.74 Å². The predicted octanol–water partition coefficient (Wildman–Crippen LogP) is 3.86. The molecule has 0 spiro atoms. The summed E-state index contributed by atoms with van der Waals surface area (Å²) in [5.74, 6) is 0.291. The Balaban J connectivity index is 2.24. The Morgan fingerprint density at radius 2 is 1.56 bits per heavy atom. The van der Waals surface area contributed by atoms with Crippen LogP contribution in [0.15, 0.2) is 12.7 Å². The minimum absolute atomic E-state index is 0.280. The van der Waals surface area contributed by atoms with Crippen molar-refractivity contribution in [2.45, 2.75) is 57.8 Å². The molecule has 1 rings (SSSR count). The zero-order chi connectivity index (χ0) is 11.6. The minimum atomic E-state index is -0.280. The van der Waals surface area contributed by atoms with Crippen molar-refractivity contribution >= 4 is 5.97 Å². The van der Waals surface area contributed by atoms with E-state index in [1.165, 1.54) is 63.9 Å². The maximum Gasteiger partial charge on any atom is 0.330 e. The van der Waals surface area contributed by atoms with Gasteiger partial charge in [0.05, 0.1) is 6.61 Å². The summed E-state index contributed by atoms with van der Waals surface area (Å²) in [6, 6.07) is 0. The summed E-state index contributed by atoms with van der Waals surface area (Å²) in [6.07, 6.45) is 13.1. The number of hydrogen-bond donors (Lipinski definition) is 0. The first kappa shape index (κ1) is 13.3. The van der Waals surface area contributed by atoms with E-state index in [0.717, 1.165) is 0 Å². The van der Waals surface area contributed by atoms with Gasteiger partial charge in [-0.2, -0.15) is 0 Å². The average Bonchev–Trinajstić information content (AvgIpc) is 2.33. The highest BCUT2D eigenvalue weighted by Crippen LogP contribution is 2.21. The third-order valence-corrected chi connectivity index (χ3v) is 3.35. The number of ether oxygens (including phenoxy) is 1. The van der Waals surface area contributed by atoms with Gasteiger partial charge in [-0.3, -0.25) is 0 Å². The molecule has 0 saturated heterocycles. The molecule has 92 valence electrons. The van der Waals surface area contributed by atoms with E-state index < -0.39 is 0 Å². The summed E-state index contributed by atoms with van der Waals surface area (Å²) in [5, 5.41) is 0. The van der Waals surface area contributed by atoms with Crippen molar-refractivity contribution in [3.8, 4) is 0 Å². The number of esters is 1. The second-order valence-corrected chi connectivity index (χ2v) is 4.75. The highest BCUT2D eigenvalue weighted by molar-refractivity contribution is 5.81. The Bertz CT molecular complexity index is 201. The minimum Gasteiger partial charge on any atom is -0.462 e. The fraction of sp³-hybridized carbons (Fsp3) is 0.786. The quantitative estimate of drug-likeness (QED) is 0.537. The summed E-state index contributed by atoms with van der Waals surface area (Å²) in [5.41, 5.74) is 0. The fourth-order valence-corrected chi connectivity index (χ4v) is 2.32. The zero-order valence-corrected chi connectivity index (χ0v) is 10.2. The van der Waals surface area contributed by atoms with Crippen LogP contribution in [0.4, 0.5) is 0 Å². The molecule has 16 heavy (non-hydrogen) atoms. The van der Waals surface area contributed by atoms with Gasteiger partial charge >= 0.3 is 5.97 Å². The van der Waals surface area contributed by atoms with Crippen LogP contribution in [0.5, 0.6) is 0 Å². The molecule has 0 heterocycles. The lowest BCUT2D eigenvalue weighted by molar-refractivity contribution is -0.139. The van der Waals surface area contributed by atoms with Crippen molar-refractivity contribution in [3.63, 3.8) is 0 Å². The van der Waals surface area contributed by atoms with Crippen LogP contribution >= 0.6 is 0 Å². The third kappa shape index (κ3) is 5.94. The highest BCUT2D eigenvalue weighted by atomic mass is 16.5. The molecule has 0 aromatic rings. The summed E-state index contributed by atoms with van der Waals surface area (Å²) in [4.78, 5) is 11.0. The SMILES string of the molecule is C=CC(=O)OCC1CCCCCCCCC1. The number of carbonyl (C=O) groups is 1. The Hall–Kier alpha value is -0.790. The van der Waals surface area contributed by atoms with Gasteiger partial charge in [-0.1, -0.05) is 51.5 Å². The lowest BCUT2D eigenvalue weighted by Crippen LogP contribution is -2.13. The largest absolute Gasteiger partial charge is 0.462 e. The Labute approximate surface area is 99.1 Å². The summed E-state index contributed by atoms with van der Waals surface area (Å²) in [7, 11) is 0. The molecule has 2 nitrogen and oxygen atoms in total. The third-order valence-electron chi connectivity index (χ3n) is 3.35. The van der Waals surface area contributed by atoms with Crippen LogP contribution in [-0.4, -0.2) is 12.6 Å². The van der Waals surface area contributed by atoms with E-state index in [4.69, 9.17) is 4.74 Å². The molecule has 2 heteroatoms. The first-order chi connectivity index (χ1) is 7.83. The molecule has 0 aromatic carbocycles. The molecule has 0 atom stereocenters. The van der Waals surface area contributed by atoms with Crippen LogP contribution in [0, 0.1) is 5.92 Å². The molecule has 1 saturated carbocycles. The van der Waals surface area contributed by atoms with Crippen LogP contribution in [-0.2, 0) is 9.53 Å². The maximum absolute atomic E-state index is 11.0. The van der Waals surface area contributed by atoms with Crippen molar-refractivity contribution in [2.24, 2.45) is 5.92 Å². The van der Waals surface area contributed by atoms with Gasteiger partial charge in [0.25, 0.3) is 0 Å². The number of rotatable bonds is 3. The summed E-state index contributed by atoms with van der Waals surface area (Å²) >= 11 is 0. The van der Waals surface area contributed by atoms with Crippen LogP contribution in [0.1, 0.15) is 57.8 Å². The highest BCUT2D eigenvalue weighted by Gasteiger charge is 2.11. The normalized spacial score (nSPS) is 20.0. The van der Waals surface area contributed by atoms with Crippen LogP contribution in [0.2, 0.25) is 0 Å². The van der Waals surface area contributed by atoms with Crippen molar-refractivity contribution in [3.05, 3.63) is 12.7 Å². The standard InChI is InChI=1S/C14H24O2/c1-2-14(15)16-12-13-10-8-6-4-3-5-7-9-11-13/h2,13H,1,3-12H2. The van der Waals surface area contributed by atoms with Gasteiger partial charge in [-0.15, -0.1) is 0 Å². The average molecular weight is 224 g/mol. The van der Waals surface area contributed by atoms with Gasteiger partial charge in [-0.05, 0) is 18.8 Å². The second-order valence-electron chi connectivity index (χ2n) is 4.75. The van der Waals surface area contributed by atoms with Crippen molar-refractivity contribution in [1.82, 2.24) is 0 Å².